The number of anilines is 1. The molecule has 0 aliphatic heterocycles. The molecule has 3 rings (SSSR count). The fraction of sp³-hybridized carbons (Fsp3) is 0.286. The summed E-state index contributed by atoms with van der Waals surface area (Å²) >= 11 is 0. The van der Waals surface area contributed by atoms with Gasteiger partial charge in [-0.2, -0.15) is 0 Å². The molecule has 0 unspecified atom stereocenters. The van der Waals surface area contributed by atoms with E-state index in [4.69, 9.17) is 4.42 Å². The summed E-state index contributed by atoms with van der Waals surface area (Å²) in [5, 5.41) is 10.6. The number of aryl methyl sites for hydroxylation is 4. The number of hydrogen-bond donors (Lipinski definition) is 1. The molecule has 0 aliphatic carbocycles. The first kappa shape index (κ1) is 17.9. The van der Waals surface area contributed by atoms with E-state index < -0.39 is 0 Å². The summed E-state index contributed by atoms with van der Waals surface area (Å²) in [6, 6.07) is 12.4. The summed E-state index contributed by atoms with van der Waals surface area (Å²) in [5.74, 6) is 0.317. The quantitative estimate of drug-likeness (QED) is 0.754. The molecular formula is C21H23N3O2. The molecule has 1 amide bonds. The smallest absolute Gasteiger partial charge is 0.322 e. The molecule has 1 heterocycles. The molecule has 3 aromatic rings. The van der Waals surface area contributed by atoms with Crippen molar-refractivity contribution < 1.29 is 9.21 Å². The van der Waals surface area contributed by atoms with Crippen LogP contribution in [0.25, 0.3) is 0 Å². The van der Waals surface area contributed by atoms with Gasteiger partial charge in [0, 0.05) is 0 Å². The van der Waals surface area contributed by atoms with Crippen LogP contribution in [-0.2, 0) is 17.6 Å². The summed E-state index contributed by atoms with van der Waals surface area (Å²) in [6.07, 6.45) is 0.826. The highest BCUT2D eigenvalue weighted by atomic mass is 16.4. The van der Waals surface area contributed by atoms with E-state index >= 15 is 0 Å². The predicted octanol–water partition coefficient (Wildman–Crippen LogP) is 4.08. The zero-order chi connectivity index (χ0) is 18.7. The number of hydrogen-bond acceptors (Lipinski definition) is 4. The first-order valence-corrected chi connectivity index (χ1v) is 8.65. The Morgan fingerprint density at radius 2 is 1.54 bits per heavy atom. The van der Waals surface area contributed by atoms with Crippen LogP contribution in [0.15, 0.2) is 40.8 Å². The maximum atomic E-state index is 12.2. The average Bonchev–Trinajstić information content (AvgIpc) is 3.00. The average molecular weight is 349 g/mol. The standard InChI is InChI=1S/C21H23N3O2/c1-13-5-7-17(15(3)9-13)11-19(25)22-21-24-23-20(26-21)12-18-8-6-14(2)10-16(18)4/h5-10H,11-12H2,1-4H3,(H,22,24,25). The third-order valence-corrected chi connectivity index (χ3v) is 4.40. The second-order valence-electron chi connectivity index (χ2n) is 6.76. The predicted molar refractivity (Wildman–Crippen MR) is 101 cm³/mol. The van der Waals surface area contributed by atoms with Crippen molar-refractivity contribution in [3.05, 3.63) is 75.7 Å². The van der Waals surface area contributed by atoms with Crippen LogP contribution in [0.5, 0.6) is 0 Å². The second kappa shape index (κ2) is 7.52. The van der Waals surface area contributed by atoms with E-state index in [1.807, 2.05) is 26.0 Å². The van der Waals surface area contributed by atoms with Gasteiger partial charge in [0.1, 0.15) is 0 Å². The minimum atomic E-state index is -0.168. The number of nitrogens with one attached hydrogen (secondary N) is 1. The van der Waals surface area contributed by atoms with Gasteiger partial charge in [-0.05, 0) is 49.9 Å². The minimum Gasteiger partial charge on any atom is -0.407 e. The van der Waals surface area contributed by atoms with Crippen LogP contribution < -0.4 is 5.32 Å². The lowest BCUT2D eigenvalue weighted by molar-refractivity contribution is -0.115. The zero-order valence-electron chi connectivity index (χ0n) is 15.6. The Labute approximate surface area is 153 Å². The van der Waals surface area contributed by atoms with E-state index in [0.717, 1.165) is 16.7 Å². The minimum absolute atomic E-state index is 0.138. The van der Waals surface area contributed by atoms with E-state index in [9.17, 15) is 4.79 Å². The summed E-state index contributed by atoms with van der Waals surface area (Å²) < 4.78 is 5.58. The number of carbonyl (C=O) groups is 1. The van der Waals surface area contributed by atoms with Crippen molar-refractivity contribution in [3.63, 3.8) is 0 Å². The number of amides is 1. The highest BCUT2D eigenvalue weighted by Crippen LogP contribution is 2.17. The Hall–Kier alpha value is -2.95. The van der Waals surface area contributed by atoms with Gasteiger partial charge < -0.3 is 4.42 Å². The van der Waals surface area contributed by atoms with Crippen LogP contribution >= 0.6 is 0 Å². The van der Waals surface area contributed by atoms with Crippen LogP contribution in [0, 0.1) is 27.7 Å². The summed E-state index contributed by atoms with van der Waals surface area (Å²) in [4.78, 5) is 12.2. The third-order valence-electron chi connectivity index (χ3n) is 4.40. The number of carbonyl (C=O) groups excluding carboxylic acids is 1. The monoisotopic (exact) mass is 349 g/mol. The third kappa shape index (κ3) is 4.36. The van der Waals surface area contributed by atoms with E-state index in [0.29, 0.717) is 12.3 Å². The lowest BCUT2D eigenvalue weighted by atomic mass is 10.0. The first-order chi connectivity index (χ1) is 12.4. The largest absolute Gasteiger partial charge is 0.407 e. The van der Waals surface area contributed by atoms with Crippen molar-refractivity contribution in [1.82, 2.24) is 10.2 Å². The van der Waals surface area contributed by atoms with Crippen molar-refractivity contribution in [3.8, 4) is 0 Å². The Kier molecular flexibility index (Phi) is 5.16. The highest BCUT2D eigenvalue weighted by molar-refractivity contribution is 5.90. The lowest BCUT2D eigenvalue weighted by Crippen LogP contribution is -2.15. The lowest BCUT2D eigenvalue weighted by Gasteiger charge is -2.06. The SMILES string of the molecule is Cc1ccc(CC(=O)Nc2nnc(Cc3ccc(C)cc3C)o2)c(C)c1. The van der Waals surface area contributed by atoms with Gasteiger partial charge in [0.15, 0.2) is 0 Å². The molecule has 2 aromatic carbocycles. The normalized spacial score (nSPS) is 10.8. The van der Waals surface area contributed by atoms with Crippen molar-refractivity contribution >= 4 is 11.9 Å². The van der Waals surface area contributed by atoms with Crippen LogP contribution in [0.3, 0.4) is 0 Å². The van der Waals surface area contributed by atoms with Crippen LogP contribution in [0.2, 0.25) is 0 Å². The molecule has 0 aliphatic rings. The number of nitrogens with zero attached hydrogens (tertiary/aromatic N) is 2. The van der Waals surface area contributed by atoms with Gasteiger partial charge in [-0.25, -0.2) is 0 Å². The molecular weight excluding hydrogens is 326 g/mol. The molecule has 26 heavy (non-hydrogen) atoms. The Balaban J connectivity index is 1.63. The van der Waals surface area contributed by atoms with Crippen LogP contribution in [0.1, 0.15) is 39.3 Å². The Morgan fingerprint density at radius 3 is 2.15 bits per heavy atom. The molecule has 0 radical (unpaired) electrons. The van der Waals surface area contributed by atoms with Gasteiger partial charge >= 0.3 is 6.01 Å². The molecule has 1 N–H and O–H groups in total. The van der Waals surface area contributed by atoms with Gasteiger partial charge in [-0.3, -0.25) is 10.1 Å². The van der Waals surface area contributed by atoms with Crippen molar-refractivity contribution in [1.29, 1.82) is 0 Å². The first-order valence-electron chi connectivity index (χ1n) is 8.65. The number of benzene rings is 2. The summed E-state index contributed by atoms with van der Waals surface area (Å²) in [5.41, 5.74) is 6.80. The van der Waals surface area contributed by atoms with Gasteiger partial charge in [0.05, 0.1) is 12.8 Å². The van der Waals surface area contributed by atoms with E-state index in [-0.39, 0.29) is 18.3 Å². The van der Waals surface area contributed by atoms with E-state index in [1.54, 1.807) is 0 Å². The molecule has 0 saturated heterocycles. The maximum Gasteiger partial charge on any atom is 0.322 e. The van der Waals surface area contributed by atoms with E-state index in [1.165, 1.54) is 16.7 Å². The highest BCUT2D eigenvalue weighted by Gasteiger charge is 2.12. The Morgan fingerprint density at radius 1 is 0.923 bits per heavy atom. The van der Waals surface area contributed by atoms with E-state index in [2.05, 4.69) is 53.6 Å². The number of rotatable bonds is 5. The van der Waals surface area contributed by atoms with Gasteiger partial charge in [0.25, 0.3) is 0 Å². The van der Waals surface area contributed by atoms with Crippen molar-refractivity contribution in [2.24, 2.45) is 0 Å². The molecule has 0 atom stereocenters. The zero-order valence-corrected chi connectivity index (χ0v) is 15.6. The number of aromatic nitrogens is 2. The maximum absolute atomic E-state index is 12.2. The molecule has 0 bridgehead atoms. The fourth-order valence-electron chi connectivity index (χ4n) is 2.96. The van der Waals surface area contributed by atoms with Gasteiger partial charge in [-0.1, -0.05) is 52.6 Å². The Bertz CT molecular complexity index is 944. The molecule has 0 fully saturated rings. The molecule has 134 valence electrons. The second-order valence-corrected chi connectivity index (χ2v) is 6.76. The molecule has 0 spiro atoms. The van der Waals surface area contributed by atoms with Crippen LogP contribution in [0.4, 0.5) is 6.01 Å². The van der Waals surface area contributed by atoms with Crippen molar-refractivity contribution in [2.45, 2.75) is 40.5 Å². The van der Waals surface area contributed by atoms with Crippen molar-refractivity contribution in [2.75, 3.05) is 5.32 Å². The topological polar surface area (TPSA) is 68.0 Å². The summed E-state index contributed by atoms with van der Waals surface area (Å²) in [6.45, 7) is 8.16. The molecule has 5 nitrogen and oxygen atoms in total. The van der Waals surface area contributed by atoms with Crippen LogP contribution in [-0.4, -0.2) is 16.1 Å². The van der Waals surface area contributed by atoms with Gasteiger partial charge in [-0.15, -0.1) is 5.10 Å². The molecule has 0 saturated carbocycles. The fourth-order valence-corrected chi connectivity index (χ4v) is 2.96. The summed E-state index contributed by atoms with van der Waals surface area (Å²) in [7, 11) is 0. The molecule has 5 heteroatoms. The van der Waals surface area contributed by atoms with Gasteiger partial charge in [0.2, 0.25) is 11.8 Å². The molecule has 1 aromatic heterocycles.